The predicted octanol–water partition coefficient (Wildman–Crippen LogP) is 1.15. The number of hydrogen-bond donors (Lipinski definition) is 2. The highest BCUT2D eigenvalue weighted by Gasteiger charge is 2.09. The van der Waals surface area contributed by atoms with Crippen LogP contribution in [0.4, 0.5) is 5.69 Å². The van der Waals surface area contributed by atoms with Crippen LogP contribution in [-0.2, 0) is 17.9 Å². The SMILES string of the molecule is COCCCn1c(CO)nc2cc(N)ccc21. The second kappa shape index (κ2) is 5.16. The van der Waals surface area contributed by atoms with Crippen LogP contribution in [0, 0.1) is 0 Å². The van der Waals surface area contributed by atoms with E-state index in [4.69, 9.17) is 10.5 Å². The summed E-state index contributed by atoms with van der Waals surface area (Å²) in [6.07, 6.45) is 0.888. The normalized spacial score (nSPS) is 11.2. The number of rotatable bonds is 5. The molecule has 0 amide bonds. The van der Waals surface area contributed by atoms with E-state index in [0.717, 1.165) is 24.0 Å². The monoisotopic (exact) mass is 235 g/mol. The maximum absolute atomic E-state index is 9.30. The van der Waals surface area contributed by atoms with E-state index in [-0.39, 0.29) is 6.61 Å². The molecule has 2 aromatic rings. The topological polar surface area (TPSA) is 73.3 Å². The third kappa shape index (κ3) is 2.40. The predicted molar refractivity (Wildman–Crippen MR) is 66.6 cm³/mol. The third-order valence-corrected chi connectivity index (χ3v) is 2.72. The van der Waals surface area contributed by atoms with Gasteiger partial charge in [-0.25, -0.2) is 4.98 Å². The van der Waals surface area contributed by atoms with Crippen molar-refractivity contribution in [2.75, 3.05) is 19.5 Å². The number of nitrogens with two attached hydrogens (primary N) is 1. The second-order valence-electron chi connectivity index (χ2n) is 3.93. The molecule has 0 aliphatic carbocycles. The standard InChI is InChI=1S/C12H17N3O2/c1-17-6-2-5-15-11-4-3-9(13)7-10(11)14-12(15)8-16/h3-4,7,16H,2,5-6,8,13H2,1H3. The van der Waals surface area contributed by atoms with Gasteiger partial charge in [0, 0.05) is 25.9 Å². The molecule has 0 bridgehead atoms. The Bertz CT molecular complexity index is 508. The Labute approximate surface area is 99.8 Å². The average Bonchev–Trinajstić information content (AvgIpc) is 2.67. The number of methoxy groups -OCH3 is 1. The van der Waals surface area contributed by atoms with E-state index >= 15 is 0 Å². The van der Waals surface area contributed by atoms with Gasteiger partial charge in [0.15, 0.2) is 0 Å². The zero-order valence-electron chi connectivity index (χ0n) is 9.89. The van der Waals surface area contributed by atoms with Gasteiger partial charge in [-0.3, -0.25) is 0 Å². The summed E-state index contributed by atoms with van der Waals surface area (Å²) in [5.74, 6) is 0.668. The first-order chi connectivity index (χ1) is 8.26. The van der Waals surface area contributed by atoms with E-state index in [1.54, 1.807) is 7.11 Å². The molecule has 2 rings (SSSR count). The molecule has 0 saturated heterocycles. The zero-order valence-corrected chi connectivity index (χ0v) is 9.89. The van der Waals surface area contributed by atoms with Crippen LogP contribution in [-0.4, -0.2) is 28.4 Å². The minimum Gasteiger partial charge on any atom is -0.399 e. The largest absolute Gasteiger partial charge is 0.399 e. The molecule has 0 fully saturated rings. The summed E-state index contributed by atoms with van der Waals surface area (Å²) in [5, 5.41) is 9.30. The molecule has 92 valence electrons. The molecule has 1 aromatic heterocycles. The van der Waals surface area contributed by atoms with Crippen molar-refractivity contribution in [3.8, 4) is 0 Å². The van der Waals surface area contributed by atoms with Crippen molar-refractivity contribution >= 4 is 16.7 Å². The third-order valence-electron chi connectivity index (χ3n) is 2.72. The molecule has 17 heavy (non-hydrogen) atoms. The number of benzene rings is 1. The Morgan fingerprint density at radius 3 is 3.00 bits per heavy atom. The summed E-state index contributed by atoms with van der Waals surface area (Å²) < 4.78 is 7.04. The van der Waals surface area contributed by atoms with Crippen LogP contribution in [0.1, 0.15) is 12.2 Å². The average molecular weight is 235 g/mol. The molecule has 3 N–H and O–H groups in total. The van der Waals surface area contributed by atoms with Crippen LogP contribution in [0.3, 0.4) is 0 Å². The minimum absolute atomic E-state index is 0.0679. The van der Waals surface area contributed by atoms with E-state index in [9.17, 15) is 5.11 Å². The highest BCUT2D eigenvalue weighted by molar-refractivity contribution is 5.79. The molecule has 0 radical (unpaired) electrons. The van der Waals surface area contributed by atoms with E-state index in [1.165, 1.54) is 0 Å². The molecule has 1 aromatic carbocycles. The second-order valence-corrected chi connectivity index (χ2v) is 3.93. The number of anilines is 1. The first-order valence-corrected chi connectivity index (χ1v) is 5.60. The molecule has 0 atom stereocenters. The lowest BCUT2D eigenvalue weighted by atomic mass is 10.3. The number of ether oxygens (including phenoxy) is 1. The van der Waals surface area contributed by atoms with Gasteiger partial charge in [0.25, 0.3) is 0 Å². The highest BCUT2D eigenvalue weighted by atomic mass is 16.5. The fourth-order valence-corrected chi connectivity index (χ4v) is 1.93. The van der Waals surface area contributed by atoms with Crippen molar-refractivity contribution in [2.24, 2.45) is 0 Å². The van der Waals surface area contributed by atoms with Crippen molar-refractivity contribution in [1.82, 2.24) is 9.55 Å². The van der Waals surface area contributed by atoms with Crippen molar-refractivity contribution in [2.45, 2.75) is 19.6 Å². The van der Waals surface area contributed by atoms with E-state index in [2.05, 4.69) is 4.98 Å². The van der Waals surface area contributed by atoms with Crippen LogP contribution >= 0.6 is 0 Å². The van der Waals surface area contributed by atoms with Crippen molar-refractivity contribution in [3.63, 3.8) is 0 Å². The molecule has 0 aliphatic rings. The fraction of sp³-hybridized carbons (Fsp3) is 0.417. The van der Waals surface area contributed by atoms with Crippen molar-refractivity contribution < 1.29 is 9.84 Å². The van der Waals surface area contributed by atoms with Gasteiger partial charge in [-0.05, 0) is 24.6 Å². The summed E-state index contributed by atoms with van der Waals surface area (Å²) >= 11 is 0. The summed E-state index contributed by atoms with van der Waals surface area (Å²) in [5.41, 5.74) is 8.22. The van der Waals surface area contributed by atoms with Gasteiger partial charge in [-0.1, -0.05) is 0 Å². The van der Waals surface area contributed by atoms with Gasteiger partial charge in [0.2, 0.25) is 0 Å². The molecule has 0 unspecified atom stereocenters. The summed E-state index contributed by atoms with van der Waals surface area (Å²) in [6, 6.07) is 5.60. The van der Waals surface area contributed by atoms with Crippen LogP contribution in [0.15, 0.2) is 18.2 Å². The Kier molecular flexibility index (Phi) is 3.61. The van der Waals surface area contributed by atoms with Gasteiger partial charge in [-0.15, -0.1) is 0 Å². The Balaban J connectivity index is 2.36. The number of fused-ring (bicyclic) bond motifs is 1. The molecular weight excluding hydrogens is 218 g/mol. The lowest BCUT2D eigenvalue weighted by molar-refractivity contribution is 0.189. The lowest BCUT2D eigenvalue weighted by Gasteiger charge is -2.07. The number of imidazole rings is 1. The molecular formula is C12H17N3O2. The van der Waals surface area contributed by atoms with Crippen molar-refractivity contribution in [3.05, 3.63) is 24.0 Å². The first kappa shape index (κ1) is 11.9. The summed E-state index contributed by atoms with van der Waals surface area (Å²) in [7, 11) is 1.68. The highest BCUT2D eigenvalue weighted by Crippen LogP contribution is 2.19. The quantitative estimate of drug-likeness (QED) is 0.602. The van der Waals surface area contributed by atoms with E-state index in [0.29, 0.717) is 18.1 Å². The Hall–Kier alpha value is -1.59. The summed E-state index contributed by atoms with van der Waals surface area (Å²) in [4.78, 5) is 4.36. The number of aliphatic hydroxyl groups excluding tert-OH is 1. The van der Waals surface area contributed by atoms with Crippen molar-refractivity contribution in [1.29, 1.82) is 0 Å². The zero-order chi connectivity index (χ0) is 12.3. The molecule has 5 nitrogen and oxygen atoms in total. The molecule has 0 spiro atoms. The maximum atomic E-state index is 9.30. The summed E-state index contributed by atoms with van der Waals surface area (Å²) in [6.45, 7) is 1.41. The van der Waals surface area contributed by atoms with Crippen LogP contribution in [0.2, 0.25) is 0 Å². The number of hydrogen-bond acceptors (Lipinski definition) is 4. The molecule has 1 heterocycles. The Morgan fingerprint density at radius 1 is 1.47 bits per heavy atom. The number of aliphatic hydroxyl groups is 1. The van der Waals surface area contributed by atoms with Crippen LogP contribution in [0.5, 0.6) is 0 Å². The van der Waals surface area contributed by atoms with Crippen LogP contribution < -0.4 is 5.73 Å². The molecule has 5 heteroatoms. The van der Waals surface area contributed by atoms with Gasteiger partial charge < -0.3 is 20.1 Å². The number of aromatic nitrogens is 2. The fourth-order valence-electron chi connectivity index (χ4n) is 1.93. The Morgan fingerprint density at radius 2 is 2.29 bits per heavy atom. The molecule has 0 saturated carbocycles. The van der Waals surface area contributed by atoms with E-state index < -0.39 is 0 Å². The first-order valence-electron chi connectivity index (χ1n) is 5.60. The lowest BCUT2D eigenvalue weighted by Crippen LogP contribution is -2.06. The van der Waals surface area contributed by atoms with Gasteiger partial charge in [0.05, 0.1) is 11.0 Å². The van der Waals surface area contributed by atoms with E-state index in [1.807, 2.05) is 22.8 Å². The number of aryl methyl sites for hydroxylation is 1. The van der Waals surface area contributed by atoms with Crippen LogP contribution in [0.25, 0.3) is 11.0 Å². The molecule has 0 aliphatic heterocycles. The van der Waals surface area contributed by atoms with Gasteiger partial charge >= 0.3 is 0 Å². The van der Waals surface area contributed by atoms with Gasteiger partial charge in [-0.2, -0.15) is 0 Å². The minimum atomic E-state index is -0.0679. The smallest absolute Gasteiger partial charge is 0.135 e. The number of nitrogen functional groups attached to an aromatic ring is 1. The maximum Gasteiger partial charge on any atom is 0.135 e. The van der Waals surface area contributed by atoms with Gasteiger partial charge in [0.1, 0.15) is 12.4 Å². The number of nitrogens with zero attached hydrogens (tertiary/aromatic N) is 2.